The van der Waals surface area contributed by atoms with Gasteiger partial charge >= 0.3 is 0 Å². The number of anilines is 1. The quantitative estimate of drug-likeness (QED) is 0.465. The van der Waals surface area contributed by atoms with Gasteiger partial charge in [-0.3, -0.25) is 9.79 Å². The number of benzene rings is 3. The molecule has 5 nitrogen and oxygen atoms in total. The van der Waals surface area contributed by atoms with Crippen LogP contribution in [0.2, 0.25) is 5.02 Å². The molecule has 0 unspecified atom stereocenters. The number of amides is 1. The number of rotatable bonds is 8. The number of para-hydroxylation sites is 1. The summed E-state index contributed by atoms with van der Waals surface area (Å²) in [5.41, 5.74) is 3.37. The topological polar surface area (TPSA) is 59.9 Å². The molecule has 0 heterocycles. The highest BCUT2D eigenvalue weighted by Crippen LogP contribution is 2.36. The van der Waals surface area contributed by atoms with E-state index < -0.39 is 0 Å². The van der Waals surface area contributed by atoms with Gasteiger partial charge in [-0.05, 0) is 61.4 Å². The maximum absolute atomic E-state index is 12.3. The molecule has 0 aliphatic rings. The number of hydrogen-bond acceptors (Lipinski definition) is 4. The fraction of sp³-hybridized carbons (Fsp3) is 0.167. The second-order valence-electron chi connectivity index (χ2n) is 6.56. The summed E-state index contributed by atoms with van der Waals surface area (Å²) < 4.78 is 11.4. The first-order valence-corrected chi connectivity index (χ1v) is 9.97. The van der Waals surface area contributed by atoms with Crippen LogP contribution in [0, 0.1) is 6.92 Å². The van der Waals surface area contributed by atoms with Crippen LogP contribution in [0.1, 0.15) is 18.1 Å². The number of carbonyl (C=O) groups excluding carboxylic acids is 1. The summed E-state index contributed by atoms with van der Waals surface area (Å²) in [4.78, 5) is 16.7. The lowest BCUT2D eigenvalue weighted by Gasteiger charge is -2.14. The van der Waals surface area contributed by atoms with Gasteiger partial charge in [-0.15, -0.1) is 0 Å². The minimum absolute atomic E-state index is 0.189. The van der Waals surface area contributed by atoms with Crippen molar-refractivity contribution in [3.05, 3.63) is 82.9 Å². The van der Waals surface area contributed by atoms with Crippen LogP contribution in [0.4, 0.5) is 11.4 Å². The van der Waals surface area contributed by atoms with Crippen LogP contribution in [-0.2, 0) is 4.79 Å². The summed E-state index contributed by atoms with van der Waals surface area (Å²) >= 11 is 6.42. The minimum Gasteiger partial charge on any atom is -0.490 e. The van der Waals surface area contributed by atoms with E-state index in [1.54, 1.807) is 18.3 Å². The Morgan fingerprint density at radius 2 is 1.87 bits per heavy atom. The van der Waals surface area contributed by atoms with Crippen LogP contribution < -0.4 is 14.8 Å². The number of nitrogens with one attached hydrogen (secondary N) is 1. The van der Waals surface area contributed by atoms with Gasteiger partial charge in [-0.2, -0.15) is 0 Å². The standard InChI is InChI=1S/C24H23ClN2O3/c1-3-29-22-14-18(15-26-19-9-5-4-6-10-19)13-21(25)24(22)30-16-23(28)27-20-11-7-8-17(2)12-20/h4-15H,3,16H2,1-2H3,(H,27,28). The van der Waals surface area contributed by atoms with Crippen LogP contribution in [0.15, 0.2) is 71.7 Å². The zero-order chi connectivity index (χ0) is 21.3. The van der Waals surface area contributed by atoms with Crippen molar-refractivity contribution in [3.8, 4) is 11.5 Å². The number of aliphatic imine (C=N–C) groups is 1. The summed E-state index contributed by atoms with van der Waals surface area (Å²) in [5.74, 6) is 0.506. The molecule has 0 aliphatic heterocycles. The van der Waals surface area contributed by atoms with E-state index in [1.165, 1.54) is 0 Å². The largest absolute Gasteiger partial charge is 0.490 e. The third-order valence-corrected chi connectivity index (χ3v) is 4.38. The molecule has 1 amide bonds. The molecule has 0 bridgehead atoms. The van der Waals surface area contributed by atoms with Crippen molar-refractivity contribution in [3.63, 3.8) is 0 Å². The Morgan fingerprint density at radius 3 is 2.60 bits per heavy atom. The van der Waals surface area contributed by atoms with Crippen LogP contribution in [0.3, 0.4) is 0 Å². The van der Waals surface area contributed by atoms with Gasteiger partial charge in [0.25, 0.3) is 5.91 Å². The maximum atomic E-state index is 12.3. The monoisotopic (exact) mass is 422 g/mol. The fourth-order valence-corrected chi connectivity index (χ4v) is 3.06. The Labute approximate surface area is 181 Å². The molecule has 0 saturated heterocycles. The van der Waals surface area contributed by atoms with E-state index in [0.29, 0.717) is 28.8 Å². The second kappa shape index (κ2) is 10.5. The van der Waals surface area contributed by atoms with E-state index in [1.807, 2.05) is 68.4 Å². The number of ether oxygens (including phenoxy) is 2. The predicted molar refractivity (Wildman–Crippen MR) is 122 cm³/mol. The molecular formula is C24H23ClN2O3. The van der Waals surface area contributed by atoms with Gasteiger partial charge in [-0.25, -0.2) is 0 Å². The zero-order valence-electron chi connectivity index (χ0n) is 16.9. The zero-order valence-corrected chi connectivity index (χ0v) is 17.6. The Morgan fingerprint density at radius 1 is 1.07 bits per heavy atom. The van der Waals surface area contributed by atoms with Gasteiger partial charge in [0.05, 0.1) is 17.3 Å². The molecule has 3 rings (SSSR count). The molecule has 0 aromatic heterocycles. The predicted octanol–water partition coefficient (Wildman–Crippen LogP) is 5.82. The number of hydrogen-bond donors (Lipinski definition) is 1. The van der Waals surface area contributed by atoms with Gasteiger partial charge in [0, 0.05) is 11.9 Å². The summed E-state index contributed by atoms with van der Waals surface area (Å²) in [6, 6.07) is 20.7. The Kier molecular flexibility index (Phi) is 7.46. The van der Waals surface area contributed by atoms with Gasteiger partial charge in [0.1, 0.15) is 0 Å². The van der Waals surface area contributed by atoms with Crippen molar-refractivity contribution in [2.24, 2.45) is 4.99 Å². The molecule has 3 aromatic rings. The molecule has 6 heteroatoms. The first-order chi connectivity index (χ1) is 14.5. The molecule has 0 aliphatic carbocycles. The van der Waals surface area contributed by atoms with Crippen molar-refractivity contribution in [1.82, 2.24) is 0 Å². The normalized spacial score (nSPS) is 10.8. The highest BCUT2D eigenvalue weighted by Gasteiger charge is 2.14. The lowest BCUT2D eigenvalue weighted by atomic mass is 10.2. The summed E-state index contributed by atoms with van der Waals surface area (Å²) in [7, 11) is 0. The Hall–Kier alpha value is -3.31. The molecule has 0 saturated carbocycles. The van der Waals surface area contributed by atoms with Gasteiger partial charge in [0.15, 0.2) is 18.1 Å². The number of aryl methyl sites for hydroxylation is 1. The van der Waals surface area contributed by atoms with Crippen LogP contribution in [0.25, 0.3) is 0 Å². The molecular weight excluding hydrogens is 400 g/mol. The lowest BCUT2D eigenvalue weighted by molar-refractivity contribution is -0.118. The van der Waals surface area contributed by atoms with E-state index in [4.69, 9.17) is 21.1 Å². The highest BCUT2D eigenvalue weighted by molar-refractivity contribution is 6.32. The van der Waals surface area contributed by atoms with Crippen molar-refractivity contribution < 1.29 is 14.3 Å². The molecule has 3 aromatic carbocycles. The average molecular weight is 423 g/mol. The lowest BCUT2D eigenvalue weighted by Crippen LogP contribution is -2.20. The van der Waals surface area contributed by atoms with Crippen LogP contribution in [-0.4, -0.2) is 25.3 Å². The van der Waals surface area contributed by atoms with E-state index >= 15 is 0 Å². The van der Waals surface area contributed by atoms with E-state index in [-0.39, 0.29) is 12.5 Å². The number of nitrogens with zero attached hydrogens (tertiary/aromatic N) is 1. The van der Waals surface area contributed by atoms with Crippen molar-refractivity contribution in [1.29, 1.82) is 0 Å². The molecule has 154 valence electrons. The molecule has 30 heavy (non-hydrogen) atoms. The molecule has 0 atom stereocenters. The van der Waals surface area contributed by atoms with E-state index in [0.717, 1.165) is 16.8 Å². The smallest absolute Gasteiger partial charge is 0.262 e. The summed E-state index contributed by atoms with van der Waals surface area (Å²) in [5, 5.41) is 3.15. The highest BCUT2D eigenvalue weighted by atomic mass is 35.5. The van der Waals surface area contributed by atoms with Crippen molar-refractivity contribution in [2.75, 3.05) is 18.5 Å². The van der Waals surface area contributed by atoms with Crippen LogP contribution in [0.5, 0.6) is 11.5 Å². The molecule has 1 N–H and O–H groups in total. The summed E-state index contributed by atoms with van der Waals surface area (Å²) in [6.07, 6.45) is 1.71. The third-order valence-electron chi connectivity index (χ3n) is 4.10. The Bertz CT molecular complexity index is 1040. The first-order valence-electron chi connectivity index (χ1n) is 9.60. The molecule has 0 radical (unpaired) electrons. The fourth-order valence-electron chi connectivity index (χ4n) is 2.79. The maximum Gasteiger partial charge on any atom is 0.262 e. The van der Waals surface area contributed by atoms with E-state index in [9.17, 15) is 4.79 Å². The van der Waals surface area contributed by atoms with Crippen LogP contribution >= 0.6 is 11.6 Å². The SMILES string of the molecule is CCOc1cc(C=Nc2ccccc2)cc(Cl)c1OCC(=O)Nc1cccc(C)c1. The van der Waals surface area contributed by atoms with Gasteiger partial charge in [-0.1, -0.05) is 41.9 Å². The second-order valence-corrected chi connectivity index (χ2v) is 6.97. The van der Waals surface area contributed by atoms with Gasteiger partial charge in [0.2, 0.25) is 0 Å². The molecule has 0 fully saturated rings. The first kappa shape index (κ1) is 21.4. The summed E-state index contributed by atoms with van der Waals surface area (Å²) in [6.45, 7) is 4.07. The molecule has 0 spiro atoms. The van der Waals surface area contributed by atoms with Crippen molar-refractivity contribution >= 4 is 35.1 Å². The number of halogens is 1. The number of carbonyl (C=O) groups is 1. The van der Waals surface area contributed by atoms with Crippen molar-refractivity contribution in [2.45, 2.75) is 13.8 Å². The Balaban J connectivity index is 1.72. The third kappa shape index (κ3) is 6.09. The van der Waals surface area contributed by atoms with E-state index in [2.05, 4.69) is 10.3 Å². The minimum atomic E-state index is -0.283. The van der Waals surface area contributed by atoms with Gasteiger partial charge < -0.3 is 14.8 Å². The average Bonchev–Trinajstić information content (AvgIpc) is 2.72.